The van der Waals surface area contributed by atoms with E-state index in [0.717, 1.165) is 17.3 Å². The lowest BCUT2D eigenvalue weighted by atomic mass is 10.0. The maximum atomic E-state index is 12.0. The first-order valence-electron chi connectivity index (χ1n) is 7.05. The molecule has 4 nitrogen and oxygen atoms in total. The van der Waals surface area contributed by atoms with Crippen molar-refractivity contribution in [3.8, 4) is 0 Å². The first-order valence-corrected chi connectivity index (χ1v) is 7.05. The molecular weight excluding hydrogens is 252 g/mol. The van der Waals surface area contributed by atoms with Gasteiger partial charge in [-0.25, -0.2) is 0 Å². The van der Waals surface area contributed by atoms with Crippen molar-refractivity contribution in [2.75, 3.05) is 6.61 Å². The minimum Gasteiger partial charge on any atom is -0.395 e. The van der Waals surface area contributed by atoms with Crippen molar-refractivity contribution in [1.29, 1.82) is 0 Å². The second-order valence-corrected chi connectivity index (χ2v) is 5.60. The third-order valence-corrected chi connectivity index (χ3v) is 3.39. The van der Waals surface area contributed by atoms with Gasteiger partial charge in [-0.15, -0.1) is 0 Å². The van der Waals surface area contributed by atoms with Crippen molar-refractivity contribution in [2.45, 2.75) is 32.9 Å². The molecule has 1 atom stereocenters. The molecule has 0 aliphatic heterocycles. The highest BCUT2D eigenvalue weighted by Crippen LogP contribution is 2.10. The summed E-state index contributed by atoms with van der Waals surface area (Å²) in [6, 6.07) is 9.66. The van der Waals surface area contributed by atoms with Crippen molar-refractivity contribution >= 4 is 10.9 Å². The van der Waals surface area contributed by atoms with Gasteiger partial charge in [0.05, 0.1) is 6.61 Å². The summed E-state index contributed by atoms with van der Waals surface area (Å²) in [6.07, 6.45) is 0.891. The molecule has 1 heterocycles. The van der Waals surface area contributed by atoms with Gasteiger partial charge in [-0.3, -0.25) is 4.79 Å². The van der Waals surface area contributed by atoms with E-state index < -0.39 is 0 Å². The summed E-state index contributed by atoms with van der Waals surface area (Å²) in [5.41, 5.74) is 1.48. The predicted molar refractivity (Wildman–Crippen MR) is 81.7 cm³/mol. The molecule has 0 amide bonds. The fourth-order valence-corrected chi connectivity index (χ4v) is 2.37. The van der Waals surface area contributed by atoms with Crippen LogP contribution in [0.2, 0.25) is 0 Å². The zero-order valence-corrected chi connectivity index (χ0v) is 12.0. The van der Waals surface area contributed by atoms with E-state index in [9.17, 15) is 9.90 Å². The number of hydrogen-bond donors (Lipinski definition) is 3. The van der Waals surface area contributed by atoms with Crippen LogP contribution in [0.4, 0.5) is 0 Å². The third kappa shape index (κ3) is 3.68. The lowest BCUT2D eigenvalue weighted by Gasteiger charge is -2.18. The van der Waals surface area contributed by atoms with Crippen LogP contribution in [0.1, 0.15) is 25.8 Å². The SMILES string of the molecule is CC(C)CC(CO)NCc1cc2ccccc2[nH]c1=O. The molecule has 0 saturated carbocycles. The van der Waals surface area contributed by atoms with E-state index in [1.165, 1.54) is 0 Å². The van der Waals surface area contributed by atoms with Crippen molar-refractivity contribution in [3.05, 3.63) is 46.2 Å². The Labute approximate surface area is 118 Å². The van der Waals surface area contributed by atoms with Gasteiger partial charge in [0.15, 0.2) is 0 Å². The number of aromatic amines is 1. The van der Waals surface area contributed by atoms with Crippen molar-refractivity contribution in [2.24, 2.45) is 5.92 Å². The van der Waals surface area contributed by atoms with Crippen LogP contribution in [0.15, 0.2) is 35.1 Å². The summed E-state index contributed by atoms with van der Waals surface area (Å²) in [6.45, 7) is 4.79. The van der Waals surface area contributed by atoms with Crippen LogP contribution in [0.3, 0.4) is 0 Å². The van der Waals surface area contributed by atoms with Gasteiger partial charge in [0.2, 0.25) is 0 Å². The largest absolute Gasteiger partial charge is 0.395 e. The molecule has 4 heteroatoms. The highest BCUT2D eigenvalue weighted by Gasteiger charge is 2.10. The number of fused-ring (bicyclic) bond motifs is 1. The fraction of sp³-hybridized carbons (Fsp3) is 0.438. The molecule has 0 bridgehead atoms. The molecule has 1 aromatic heterocycles. The van der Waals surface area contributed by atoms with E-state index >= 15 is 0 Å². The number of aliphatic hydroxyl groups excluding tert-OH is 1. The Morgan fingerprint density at radius 2 is 2.05 bits per heavy atom. The molecule has 108 valence electrons. The second-order valence-electron chi connectivity index (χ2n) is 5.60. The zero-order chi connectivity index (χ0) is 14.5. The first kappa shape index (κ1) is 14.8. The Bertz CT molecular complexity index is 619. The Kier molecular flexibility index (Phi) is 4.93. The summed E-state index contributed by atoms with van der Waals surface area (Å²) in [5, 5.41) is 13.6. The van der Waals surface area contributed by atoms with Crippen LogP contribution < -0.4 is 10.9 Å². The van der Waals surface area contributed by atoms with E-state index in [4.69, 9.17) is 0 Å². The molecule has 1 unspecified atom stereocenters. The van der Waals surface area contributed by atoms with Crippen LogP contribution >= 0.6 is 0 Å². The molecule has 2 rings (SSSR count). The van der Waals surface area contributed by atoms with Crippen molar-refractivity contribution in [3.63, 3.8) is 0 Å². The quantitative estimate of drug-likeness (QED) is 0.755. The van der Waals surface area contributed by atoms with Crippen molar-refractivity contribution < 1.29 is 5.11 Å². The number of rotatable bonds is 6. The van der Waals surface area contributed by atoms with Gasteiger partial charge in [0.25, 0.3) is 5.56 Å². The topological polar surface area (TPSA) is 65.1 Å². The number of aromatic nitrogens is 1. The molecule has 1 aromatic carbocycles. The van der Waals surface area contributed by atoms with Gasteiger partial charge in [0, 0.05) is 23.7 Å². The Hall–Kier alpha value is -1.65. The van der Waals surface area contributed by atoms with Crippen LogP contribution in [0.5, 0.6) is 0 Å². The van der Waals surface area contributed by atoms with E-state index in [1.54, 1.807) is 0 Å². The summed E-state index contributed by atoms with van der Waals surface area (Å²) in [7, 11) is 0. The van der Waals surface area contributed by atoms with Gasteiger partial charge in [-0.05, 0) is 29.9 Å². The van der Waals surface area contributed by atoms with Gasteiger partial charge in [0.1, 0.15) is 0 Å². The average Bonchev–Trinajstić information content (AvgIpc) is 2.43. The molecular formula is C16H22N2O2. The second kappa shape index (κ2) is 6.68. The minimum atomic E-state index is -0.0718. The van der Waals surface area contributed by atoms with Gasteiger partial charge in [-0.1, -0.05) is 32.0 Å². The zero-order valence-electron chi connectivity index (χ0n) is 12.0. The van der Waals surface area contributed by atoms with Gasteiger partial charge < -0.3 is 15.4 Å². The standard InChI is InChI=1S/C16H22N2O2/c1-11(2)7-14(10-19)17-9-13-8-12-5-3-4-6-15(12)18-16(13)20/h3-6,8,11,14,17,19H,7,9-10H2,1-2H3,(H,18,20). The normalized spacial score (nSPS) is 13.0. The molecule has 0 saturated heterocycles. The maximum Gasteiger partial charge on any atom is 0.252 e. The summed E-state index contributed by atoms with van der Waals surface area (Å²) in [4.78, 5) is 14.9. The molecule has 20 heavy (non-hydrogen) atoms. The van der Waals surface area contributed by atoms with E-state index in [2.05, 4.69) is 24.1 Å². The highest BCUT2D eigenvalue weighted by atomic mass is 16.3. The van der Waals surface area contributed by atoms with E-state index in [-0.39, 0.29) is 18.2 Å². The summed E-state index contributed by atoms with van der Waals surface area (Å²) >= 11 is 0. The molecule has 3 N–H and O–H groups in total. The number of H-pyrrole nitrogens is 1. The Morgan fingerprint density at radius 3 is 2.75 bits per heavy atom. The lowest BCUT2D eigenvalue weighted by molar-refractivity contribution is 0.223. The summed E-state index contributed by atoms with van der Waals surface area (Å²) < 4.78 is 0. The van der Waals surface area contributed by atoms with Crippen LogP contribution in [0.25, 0.3) is 10.9 Å². The predicted octanol–water partition coefficient (Wildman–Crippen LogP) is 2.02. The Balaban J connectivity index is 2.13. The summed E-state index contributed by atoms with van der Waals surface area (Å²) in [5.74, 6) is 0.509. The van der Waals surface area contributed by atoms with E-state index in [0.29, 0.717) is 18.0 Å². The number of pyridine rings is 1. The molecule has 0 aliphatic carbocycles. The smallest absolute Gasteiger partial charge is 0.252 e. The van der Waals surface area contributed by atoms with E-state index in [1.807, 2.05) is 30.3 Å². The number of benzene rings is 1. The van der Waals surface area contributed by atoms with Crippen LogP contribution in [-0.2, 0) is 6.54 Å². The minimum absolute atomic E-state index is 0.0286. The molecule has 2 aromatic rings. The Morgan fingerprint density at radius 1 is 1.30 bits per heavy atom. The van der Waals surface area contributed by atoms with Crippen LogP contribution in [-0.4, -0.2) is 22.7 Å². The number of hydrogen-bond acceptors (Lipinski definition) is 3. The first-order chi connectivity index (χ1) is 9.60. The average molecular weight is 274 g/mol. The fourth-order valence-electron chi connectivity index (χ4n) is 2.37. The maximum absolute atomic E-state index is 12.0. The van der Waals surface area contributed by atoms with Gasteiger partial charge in [-0.2, -0.15) is 0 Å². The monoisotopic (exact) mass is 274 g/mol. The highest BCUT2D eigenvalue weighted by molar-refractivity contribution is 5.78. The molecule has 0 fully saturated rings. The van der Waals surface area contributed by atoms with Crippen molar-refractivity contribution in [1.82, 2.24) is 10.3 Å². The molecule has 0 radical (unpaired) electrons. The van der Waals surface area contributed by atoms with Gasteiger partial charge >= 0.3 is 0 Å². The third-order valence-electron chi connectivity index (χ3n) is 3.39. The lowest BCUT2D eigenvalue weighted by Crippen LogP contribution is -2.34. The number of para-hydroxylation sites is 1. The van der Waals surface area contributed by atoms with Crippen LogP contribution in [0, 0.1) is 5.92 Å². The molecule has 0 spiro atoms. The number of nitrogens with one attached hydrogen (secondary N) is 2. The number of aliphatic hydroxyl groups is 1. The molecule has 0 aliphatic rings.